The second-order valence-electron chi connectivity index (χ2n) is 5.30. The first-order chi connectivity index (χ1) is 9.90. The maximum atomic E-state index is 12.3. The van der Waals surface area contributed by atoms with E-state index >= 15 is 0 Å². The maximum absolute atomic E-state index is 12.3. The van der Waals surface area contributed by atoms with E-state index in [1.54, 1.807) is 4.90 Å². The summed E-state index contributed by atoms with van der Waals surface area (Å²) in [6.45, 7) is 1.86. The number of para-hydroxylation sites is 1. The Morgan fingerprint density at radius 1 is 1.57 bits per heavy atom. The van der Waals surface area contributed by atoms with E-state index in [2.05, 4.69) is 21.2 Å². The van der Waals surface area contributed by atoms with Gasteiger partial charge in [0.1, 0.15) is 11.7 Å². The van der Waals surface area contributed by atoms with Gasteiger partial charge in [0, 0.05) is 12.6 Å². The molecule has 1 N–H and O–H groups in total. The number of benzene rings is 1. The summed E-state index contributed by atoms with van der Waals surface area (Å²) in [5.41, 5.74) is 0.00412. The van der Waals surface area contributed by atoms with Crippen LogP contribution in [0, 0.1) is 5.92 Å². The van der Waals surface area contributed by atoms with Gasteiger partial charge in [0.25, 0.3) is 0 Å². The number of ether oxygens (including phenoxy) is 2. The van der Waals surface area contributed by atoms with Gasteiger partial charge in [0.05, 0.1) is 17.6 Å². The zero-order valence-corrected chi connectivity index (χ0v) is 14.2. The number of carbonyl (C=O) groups is 1. The summed E-state index contributed by atoms with van der Waals surface area (Å²) in [5, 5.41) is 3.78. The Kier molecular flexibility index (Phi) is 3.37. The van der Waals surface area contributed by atoms with Crippen LogP contribution < -0.4 is 10.1 Å². The third-order valence-electron chi connectivity index (χ3n) is 4.26. The largest absolute Gasteiger partial charge is 0.469 e. The number of nitrogens with one attached hydrogen (secondary N) is 1. The van der Waals surface area contributed by atoms with E-state index in [4.69, 9.17) is 21.7 Å². The molecule has 112 valence electrons. The SMILES string of the molecule is COC(=O)C1C2NC(=S)N(C)C1(C)Oc1c(Br)cccc12. The van der Waals surface area contributed by atoms with Gasteiger partial charge in [0.15, 0.2) is 10.8 Å². The van der Waals surface area contributed by atoms with Crippen LogP contribution in [-0.2, 0) is 9.53 Å². The highest BCUT2D eigenvalue weighted by Crippen LogP contribution is 2.50. The number of halogens is 1. The van der Waals surface area contributed by atoms with E-state index in [0.717, 1.165) is 15.8 Å². The zero-order chi connectivity index (χ0) is 15.4. The first-order valence-electron chi connectivity index (χ1n) is 6.49. The second-order valence-corrected chi connectivity index (χ2v) is 6.54. The molecule has 3 rings (SSSR count). The molecule has 3 atom stereocenters. The summed E-state index contributed by atoms with van der Waals surface area (Å²) in [5.74, 6) is -0.108. The molecule has 0 amide bonds. The Morgan fingerprint density at radius 3 is 2.95 bits per heavy atom. The first kappa shape index (κ1) is 14.6. The fraction of sp³-hybridized carbons (Fsp3) is 0.429. The molecular formula is C14H15BrN2O3S. The van der Waals surface area contributed by atoms with Gasteiger partial charge in [-0.15, -0.1) is 0 Å². The fourth-order valence-electron chi connectivity index (χ4n) is 2.99. The number of methoxy groups -OCH3 is 1. The van der Waals surface area contributed by atoms with Gasteiger partial charge in [-0.1, -0.05) is 12.1 Å². The monoisotopic (exact) mass is 370 g/mol. The molecular weight excluding hydrogens is 356 g/mol. The van der Waals surface area contributed by atoms with E-state index < -0.39 is 11.6 Å². The molecule has 0 radical (unpaired) electrons. The van der Waals surface area contributed by atoms with E-state index in [1.165, 1.54) is 7.11 Å². The molecule has 1 fully saturated rings. The molecule has 3 unspecified atom stereocenters. The van der Waals surface area contributed by atoms with Gasteiger partial charge in [-0.2, -0.15) is 0 Å². The van der Waals surface area contributed by atoms with Crippen molar-refractivity contribution >= 4 is 39.2 Å². The molecule has 0 saturated carbocycles. The average Bonchev–Trinajstić information content (AvgIpc) is 2.46. The average molecular weight is 371 g/mol. The lowest BCUT2D eigenvalue weighted by Crippen LogP contribution is -2.70. The van der Waals surface area contributed by atoms with Gasteiger partial charge in [-0.3, -0.25) is 4.79 Å². The first-order valence-corrected chi connectivity index (χ1v) is 7.70. The van der Waals surface area contributed by atoms with Crippen molar-refractivity contribution in [1.82, 2.24) is 10.2 Å². The van der Waals surface area contributed by atoms with Gasteiger partial charge in [-0.05, 0) is 41.1 Å². The molecule has 1 aromatic carbocycles. The number of thiocarbonyl (C=S) groups is 1. The van der Waals surface area contributed by atoms with Crippen molar-refractivity contribution in [2.75, 3.05) is 14.2 Å². The normalized spacial score (nSPS) is 30.1. The van der Waals surface area contributed by atoms with Crippen LogP contribution in [0.5, 0.6) is 5.75 Å². The van der Waals surface area contributed by atoms with Crippen LogP contribution in [0.2, 0.25) is 0 Å². The van der Waals surface area contributed by atoms with Crippen molar-refractivity contribution < 1.29 is 14.3 Å². The van der Waals surface area contributed by atoms with Crippen molar-refractivity contribution in [2.24, 2.45) is 5.92 Å². The molecule has 7 heteroatoms. The molecule has 0 spiro atoms. The van der Waals surface area contributed by atoms with Gasteiger partial charge < -0.3 is 19.7 Å². The summed E-state index contributed by atoms with van der Waals surface area (Å²) < 4.78 is 12.0. The minimum absolute atomic E-state index is 0.271. The van der Waals surface area contributed by atoms with E-state index in [-0.39, 0.29) is 12.0 Å². The second kappa shape index (κ2) is 4.84. The lowest BCUT2D eigenvalue weighted by Gasteiger charge is -2.54. The maximum Gasteiger partial charge on any atom is 0.317 e. The van der Waals surface area contributed by atoms with Gasteiger partial charge in [0.2, 0.25) is 0 Å². The van der Waals surface area contributed by atoms with Crippen LogP contribution in [0.3, 0.4) is 0 Å². The van der Waals surface area contributed by atoms with Crippen LogP contribution in [0.1, 0.15) is 18.5 Å². The molecule has 21 heavy (non-hydrogen) atoms. The Hall–Kier alpha value is -1.34. The molecule has 1 saturated heterocycles. The smallest absolute Gasteiger partial charge is 0.317 e. The Bertz CT molecular complexity index is 639. The van der Waals surface area contributed by atoms with E-state index in [0.29, 0.717) is 5.11 Å². The highest BCUT2D eigenvalue weighted by molar-refractivity contribution is 9.10. The summed E-state index contributed by atoms with van der Waals surface area (Å²) in [6.07, 6.45) is 0. The van der Waals surface area contributed by atoms with Crippen molar-refractivity contribution in [2.45, 2.75) is 18.7 Å². The van der Waals surface area contributed by atoms with Crippen LogP contribution in [0.15, 0.2) is 22.7 Å². The van der Waals surface area contributed by atoms with Crippen LogP contribution in [-0.4, -0.2) is 35.9 Å². The van der Waals surface area contributed by atoms with E-state index in [1.807, 2.05) is 32.2 Å². The van der Waals surface area contributed by atoms with Crippen LogP contribution in [0.4, 0.5) is 0 Å². The quantitative estimate of drug-likeness (QED) is 0.604. The number of rotatable bonds is 1. The molecule has 0 aromatic heterocycles. The predicted molar refractivity (Wildman–Crippen MR) is 84.9 cm³/mol. The lowest BCUT2D eigenvalue weighted by molar-refractivity contribution is -0.170. The third-order valence-corrected chi connectivity index (χ3v) is 5.27. The molecule has 2 bridgehead atoms. The van der Waals surface area contributed by atoms with Crippen molar-refractivity contribution in [1.29, 1.82) is 0 Å². The third kappa shape index (κ3) is 1.94. The molecule has 1 aromatic rings. The standard InChI is InChI=1S/C14H15BrN2O3S/c1-14-9(12(18)19-3)10(16-13(21)17(14)2)7-5-4-6-8(15)11(7)20-14/h4-6,9-10H,1-3H3,(H,16,21). The highest BCUT2D eigenvalue weighted by Gasteiger charge is 2.58. The Labute approximate surface area is 136 Å². The number of fused-ring (bicyclic) bond motifs is 4. The summed E-state index contributed by atoms with van der Waals surface area (Å²) in [4.78, 5) is 14.1. The van der Waals surface area contributed by atoms with Crippen LogP contribution in [0.25, 0.3) is 0 Å². The van der Waals surface area contributed by atoms with Gasteiger partial charge >= 0.3 is 5.97 Å². The summed E-state index contributed by atoms with van der Waals surface area (Å²) in [6, 6.07) is 5.48. The van der Waals surface area contributed by atoms with Crippen molar-refractivity contribution in [3.63, 3.8) is 0 Å². The minimum Gasteiger partial charge on any atom is -0.469 e. The molecule has 5 nitrogen and oxygen atoms in total. The molecule has 2 aliphatic rings. The molecule has 2 aliphatic heterocycles. The number of hydrogen-bond donors (Lipinski definition) is 1. The highest BCUT2D eigenvalue weighted by atomic mass is 79.9. The van der Waals surface area contributed by atoms with Crippen molar-refractivity contribution in [3.8, 4) is 5.75 Å². The summed E-state index contributed by atoms with van der Waals surface area (Å²) in [7, 11) is 3.19. The minimum atomic E-state index is -0.892. The van der Waals surface area contributed by atoms with Crippen LogP contribution >= 0.6 is 28.1 Å². The summed E-state index contributed by atoms with van der Waals surface area (Å²) >= 11 is 8.87. The number of nitrogens with zero attached hydrogens (tertiary/aromatic N) is 1. The number of esters is 1. The number of carbonyl (C=O) groups excluding carboxylic acids is 1. The number of hydrogen-bond acceptors (Lipinski definition) is 4. The topological polar surface area (TPSA) is 50.8 Å². The fourth-order valence-corrected chi connectivity index (χ4v) is 3.76. The zero-order valence-electron chi connectivity index (χ0n) is 11.8. The van der Waals surface area contributed by atoms with Gasteiger partial charge in [-0.25, -0.2) is 0 Å². The Balaban J connectivity index is 2.22. The lowest BCUT2D eigenvalue weighted by atomic mass is 9.80. The van der Waals surface area contributed by atoms with Crippen molar-refractivity contribution in [3.05, 3.63) is 28.2 Å². The molecule has 0 aliphatic carbocycles. The van der Waals surface area contributed by atoms with E-state index in [9.17, 15) is 4.79 Å². The Morgan fingerprint density at radius 2 is 2.29 bits per heavy atom. The molecule has 2 heterocycles. The predicted octanol–water partition coefficient (Wildman–Crippen LogP) is 2.21.